The fraction of sp³-hybridized carbons (Fsp3) is 0.938. The molecule has 2 heterocycles. The molecule has 112 valence electrons. The van der Waals surface area contributed by atoms with E-state index in [0.29, 0.717) is 23.8 Å². The molecule has 2 bridgehead atoms. The topological polar surface area (TPSA) is 49.6 Å². The number of nitrogens with zero attached hydrogens (tertiary/aromatic N) is 2. The van der Waals surface area contributed by atoms with Crippen molar-refractivity contribution in [2.24, 2.45) is 23.5 Å². The highest BCUT2D eigenvalue weighted by Crippen LogP contribution is 2.48. The van der Waals surface area contributed by atoms with Crippen molar-refractivity contribution >= 4 is 5.91 Å². The Balaban J connectivity index is 1.40. The Morgan fingerprint density at radius 2 is 1.75 bits per heavy atom. The molecular weight excluding hydrogens is 250 g/mol. The van der Waals surface area contributed by atoms with Gasteiger partial charge in [-0.25, -0.2) is 0 Å². The van der Waals surface area contributed by atoms with Crippen LogP contribution in [0.5, 0.6) is 0 Å². The Morgan fingerprint density at radius 1 is 1.00 bits per heavy atom. The minimum atomic E-state index is 0.145. The van der Waals surface area contributed by atoms with Crippen LogP contribution in [0.15, 0.2) is 0 Å². The normalized spacial score (nSPS) is 44.6. The van der Waals surface area contributed by atoms with Crippen molar-refractivity contribution in [3.8, 4) is 0 Å². The molecule has 2 N–H and O–H groups in total. The Bertz CT molecular complexity index is 391. The van der Waals surface area contributed by atoms with Gasteiger partial charge >= 0.3 is 0 Å². The molecule has 4 rings (SSSR count). The summed E-state index contributed by atoms with van der Waals surface area (Å²) in [5.74, 6) is 1.75. The minimum absolute atomic E-state index is 0.145. The highest BCUT2D eigenvalue weighted by molar-refractivity contribution is 5.81. The number of carbonyl (C=O) groups is 1. The van der Waals surface area contributed by atoms with Crippen molar-refractivity contribution < 1.29 is 4.79 Å². The van der Waals surface area contributed by atoms with Crippen LogP contribution in [0.25, 0.3) is 0 Å². The molecule has 4 heteroatoms. The predicted molar refractivity (Wildman–Crippen MR) is 78.1 cm³/mol. The summed E-state index contributed by atoms with van der Waals surface area (Å²) in [4.78, 5) is 17.6. The van der Waals surface area contributed by atoms with E-state index in [9.17, 15) is 4.79 Å². The Labute approximate surface area is 121 Å². The Morgan fingerprint density at radius 3 is 2.45 bits per heavy atom. The monoisotopic (exact) mass is 277 g/mol. The fourth-order valence-corrected chi connectivity index (χ4v) is 5.26. The van der Waals surface area contributed by atoms with Gasteiger partial charge in [-0.1, -0.05) is 0 Å². The zero-order chi connectivity index (χ0) is 13.7. The van der Waals surface area contributed by atoms with E-state index < -0.39 is 0 Å². The van der Waals surface area contributed by atoms with Gasteiger partial charge in [0.05, 0.1) is 5.92 Å². The molecular formula is C16H27N3O. The molecule has 20 heavy (non-hydrogen) atoms. The molecule has 4 nitrogen and oxygen atoms in total. The first-order chi connectivity index (χ1) is 9.74. The second kappa shape index (κ2) is 4.99. The molecule has 0 radical (unpaired) electrons. The molecule has 0 spiro atoms. The van der Waals surface area contributed by atoms with Crippen LogP contribution in [0.3, 0.4) is 0 Å². The van der Waals surface area contributed by atoms with Crippen LogP contribution in [0, 0.1) is 17.8 Å². The Kier molecular flexibility index (Phi) is 3.26. The van der Waals surface area contributed by atoms with Crippen LogP contribution < -0.4 is 5.73 Å². The summed E-state index contributed by atoms with van der Waals surface area (Å²) in [6.07, 6.45) is 7.54. The summed E-state index contributed by atoms with van der Waals surface area (Å²) < 4.78 is 0. The average molecular weight is 277 g/mol. The molecule has 2 aliphatic heterocycles. The molecule has 2 saturated carbocycles. The third kappa shape index (κ3) is 2.00. The summed E-state index contributed by atoms with van der Waals surface area (Å²) in [7, 11) is 0. The van der Waals surface area contributed by atoms with Gasteiger partial charge in [0, 0.05) is 25.2 Å². The predicted octanol–water partition coefficient (Wildman–Crippen LogP) is 1.06. The number of hydrogen-bond donors (Lipinski definition) is 1. The third-order valence-electron chi connectivity index (χ3n) is 6.40. The van der Waals surface area contributed by atoms with Gasteiger partial charge in [-0.2, -0.15) is 0 Å². The van der Waals surface area contributed by atoms with Crippen molar-refractivity contribution in [3.05, 3.63) is 0 Å². The zero-order valence-electron chi connectivity index (χ0n) is 12.3. The molecule has 0 aromatic heterocycles. The lowest BCUT2D eigenvalue weighted by Crippen LogP contribution is -2.47. The molecule has 5 atom stereocenters. The largest absolute Gasteiger partial charge is 0.341 e. The summed E-state index contributed by atoms with van der Waals surface area (Å²) >= 11 is 0. The molecule has 1 amide bonds. The second-order valence-electron chi connectivity index (χ2n) is 7.41. The van der Waals surface area contributed by atoms with Gasteiger partial charge in [-0.3, -0.25) is 9.69 Å². The lowest BCUT2D eigenvalue weighted by Gasteiger charge is -2.31. The van der Waals surface area contributed by atoms with E-state index in [0.717, 1.165) is 13.1 Å². The van der Waals surface area contributed by atoms with Gasteiger partial charge in [0.25, 0.3) is 0 Å². The van der Waals surface area contributed by atoms with Crippen LogP contribution in [0.4, 0.5) is 0 Å². The van der Waals surface area contributed by atoms with Gasteiger partial charge < -0.3 is 10.6 Å². The van der Waals surface area contributed by atoms with Crippen LogP contribution in [-0.2, 0) is 4.79 Å². The van der Waals surface area contributed by atoms with E-state index in [2.05, 4.69) is 9.80 Å². The number of nitrogens with two attached hydrogens (primary N) is 1. The van der Waals surface area contributed by atoms with Gasteiger partial charge in [0.15, 0.2) is 0 Å². The smallest absolute Gasteiger partial charge is 0.227 e. The van der Waals surface area contributed by atoms with Gasteiger partial charge in [-0.05, 0) is 63.5 Å². The standard InChI is InChI=1S/C16H27N3O/c17-15-12-4-3-11(9-12)14(15)16(20)19-8-5-13(10-19)18-6-1-2-7-18/h11-15H,1-10,17H2. The lowest BCUT2D eigenvalue weighted by atomic mass is 9.84. The van der Waals surface area contributed by atoms with E-state index in [1.165, 1.54) is 51.6 Å². The molecule has 4 aliphatic rings. The average Bonchev–Trinajstić information content (AvgIpc) is 3.21. The number of rotatable bonds is 2. The highest BCUT2D eigenvalue weighted by Gasteiger charge is 2.50. The van der Waals surface area contributed by atoms with E-state index in [1.54, 1.807) is 0 Å². The lowest BCUT2D eigenvalue weighted by molar-refractivity contribution is -0.136. The van der Waals surface area contributed by atoms with Crippen LogP contribution in [0.2, 0.25) is 0 Å². The SMILES string of the molecule is NC1C2CCC(C2)C1C(=O)N1CCC(N2CCCC2)C1. The molecule has 5 unspecified atom stereocenters. The van der Waals surface area contributed by atoms with Crippen molar-refractivity contribution in [1.82, 2.24) is 9.80 Å². The van der Waals surface area contributed by atoms with Gasteiger partial charge in [0.1, 0.15) is 0 Å². The summed E-state index contributed by atoms with van der Waals surface area (Å²) in [6.45, 7) is 4.39. The third-order valence-corrected chi connectivity index (χ3v) is 6.40. The first kappa shape index (κ1) is 13.1. The van der Waals surface area contributed by atoms with Crippen molar-refractivity contribution in [2.45, 2.75) is 50.6 Å². The minimum Gasteiger partial charge on any atom is -0.341 e. The number of likely N-dealkylation sites (tertiary alicyclic amines) is 2. The van der Waals surface area contributed by atoms with E-state index in [1.807, 2.05) is 0 Å². The summed E-state index contributed by atoms with van der Waals surface area (Å²) in [5.41, 5.74) is 6.33. The van der Waals surface area contributed by atoms with E-state index >= 15 is 0 Å². The number of hydrogen-bond acceptors (Lipinski definition) is 3. The van der Waals surface area contributed by atoms with Crippen LogP contribution >= 0.6 is 0 Å². The first-order valence-electron chi connectivity index (χ1n) is 8.52. The maximum atomic E-state index is 12.8. The van der Waals surface area contributed by atoms with Crippen molar-refractivity contribution in [2.75, 3.05) is 26.2 Å². The second-order valence-corrected chi connectivity index (χ2v) is 7.41. The number of amides is 1. The summed E-state index contributed by atoms with van der Waals surface area (Å²) in [5, 5.41) is 0. The van der Waals surface area contributed by atoms with Gasteiger partial charge in [-0.15, -0.1) is 0 Å². The van der Waals surface area contributed by atoms with Crippen LogP contribution in [0.1, 0.15) is 38.5 Å². The highest BCUT2D eigenvalue weighted by atomic mass is 16.2. The first-order valence-corrected chi connectivity index (χ1v) is 8.52. The zero-order valence-corrected chi connectivity index (χ0v) is 12.3. The fourth-order valence-electron chi connectivity index (χ4n) is 5.26. The quantitative estimate of drug-likeness (QED) is 0.821. The number of fused-ring (bicyclic) bond motifs is 2. The molecule has 2 aliphatic carbocycles. The Hall–Kier alpha value is -0.610. The maximum Gasteiger partial charge on any atom is 0.227 e. The molecule has 0 aromatic carbocycles. The number of carbonyl (C=O) groups excluding carboxylic acids is 1. The van der Waals surface area contributed by atoms with E-state index in [-0.39, 0.29) is 12.0 Å². The molecule has 4 fully saturated rings. The molecule has 0 aromatic rings. The van der Waals surface area contributed by atoms with Gasteiger partial charge in [0.2, 0.25) is 5.91 Å². The summed E-state index contributed by atoms with van der Waals surface area (Å²) in [6, 6.07) is 0.767. The van der Waals surface area contributed by atoms with Crippen molar-refractivity contribution in [1.29, 1.82) is 0 Å². The van der Waals surface area contributed by atoms with E-state index in [4.69, 9.17) is 5.73 Å². The maximum absolute atomic E-state index is 12.8. The van der Waals surface area contributed by atoms with Crippen LogP contribution in [-0.4, -0.2) is 54.0 Å². The molecule has 2 saturated heterocycles. The van der Waals surface area contributed by atoms with Crippen molar-refractivity contribution in [3.63, 3.8) is 0 Å².